The molecule has 0 amide bonds. The van der Waals surface area contributed by atoms with Crippen LogP contribution < -0.4 is 10.1 Å². The van der Waals surface area contributed by atoms with E-state index in [4.69, 9.17) is 9.47 Å². The van der Waals surface area contributed by atoms with Gasteiger partial charge in [0.25, 0.3) is 0 Å². The standard InChI is InChI=1S/C17H24BrNO2/c1-2-7-19-15-10-16(12-4-3-8-20-11-12)21-17-9-13(18)5-6-14(15)17/h5-6,9,12,15-16,19H,2-4,7-8,10-11H2,1H3. The second kappa shape index (κ2) is 7.12. The van der Waals surface area contributed by atoms with Crippen molar-refractivity contribution in [2.75, 3.05) is 19.8 Å². The Morgan fingerprint density at radius 3 is 3.05 bits per heavy atom. The van der Waals surface area contributed by atoms with Crippen molar-refractivity contribution in [3.05, 3.63) is 28.2 Å². The van der Waals surface area contributed by atoms with Crippen LogP contribution in [0.3, 0.4) is 0 Å². The Balaban J connectivity index is 1.80. The average molecular weight is 354 g/mol. The molecule has 1 saturated heterocycles. The summed E-state index contributed by atoms with van der Waals surface area (Å²) in [5.74, 6) is 1.55. The number of nitrogens with one attached hydrogen (secondary N) is 1. The summed E-state index contributed by atoms with van der Waals surface area (Å²) in [6.45, 7) is 5.01. The van der Waals surface area contributed by atoms with Crippen molar-refractivity contribution in [2.24, 2.45) is 5.92 Å². The molecule has 1 fully saturated rings. The van der Waals surface area contributed by atoms with Gasteiger partial charge >= 0.3 is 0 Å². The molecule has 1 aromatic rings. The van der Waals surface area contributed by atoms with E-state index in [1.54, 1.807) is 0 Å². The van der Waals surface area contributed by atoms with Gasteiger partial charge in [-0.3, -0.25) is 0 Å². The number of benzene rings is 1. The first-order valence-corrected chi connectivity index (χ1v) is 8.84. The van der Waals surface area contributed by atoms with E-state index in [-0.39, 0.29) is 6.10 Å². The minimum absolute atomic E-state index is 0.265. The van der Waals surface area contributed by atoms with Gasteiger partial charge in [0.1, 0.15) is 11.9 Å². The summed E-state index contributed by atoms with van der Waals surface area (Å²) in [5, 5.41) is 3.68. The summed E-state index contributed by atoms with van der Waals surface area (Å²) in [7, 11) is 0. The van der Waals surface area contributed by atoms with Crippen LogP contribution in [-0.2, 0) is 4.74 Å². The lowest BCUT2D eigenvalue weighted by Gasteiger charge is -2.38. The van der Waals surface area contributed by atoms with E-state index in [0.717, 1.165) is 49.2 Å². The van der Waals surface area contributed by atoms with Crippen LogP contribution in [-0.4, -0.2) is 25.9 Å². The molecule has 3 atom stereocenters. The maximum Gasteiger partial charge on any atom is 0.125 e. The molecule has 3 nitrogen and oxygen atoms in total. The van der Waals surface area contributed by atoms with Gasteiger partial charge in [-0.05, 0) is 37.9 Å². The Labute approximate surface area is 135 Å². The lowest BCUT2D eigenvalue weighted by molar-refractivity contribution is -0.0111. The van der Waals surface area contributed by atoms with Crippen LogP contribution in [0.5, 0.6) is 5.75 Å². The van der Waals surface area contributed by atoms with Crippen molar-refractivity contribution in [1.29, 1.82) is 0 Å². The lowest BCUT2D eigenvalue weighted by atomic mass is 9.87. The predicted octanol–water partition coefficient (Wildman–Crippen LogP) is 4.07. The van der Waals surface area contributed by atoms with Gasteiger partial charge in [0, 0.05) is 35.0 Å². The number of ether oxygens (including phenoxy) is 2. The van der Waals surface area contributed by atoms with Crippen molar-refractivity contribution >= 4 is 15.9 Å². The van der Waals surface area contributed by atoms with Gasteiger partial charge < -0.3 is 14.8 Å². The maximum absolute atomic E-state index is 6.31. The van der Waals surface area contributed by atoms with Crippen LogP contribution in [0, 0.1) is 5.92 Å². The molecule has 2 heterocycles. The van der Waals surface area contributed by atoms with Crippen molar-refractivity contribution in [2.45, 2.75) is 44.8 Å². The molecule has 0 spiro atoms. The van der Waals surface area contributed by atoms with E-state index >= 15 is 0 Å². The highest BCUT2D eigenvalue weighted by Crippen LogP contribution is 2.39. The Hall–Kier alpha value is -0.580. The van der Waals surface area contributed by atoms with Crippen LogP contribution in [0.15, 0.2) is 22.7 Å². The molecule has 0 radical (unpaired) electrons. The number of rotatable bonds is 4. The molecule has 3 unspecified atom stereocenters. The zero-order chi connectivity index (χ0) is 14.7. The molecule has 1 N–H and O–H groups in total. The summed E-state index contributed by atoms with van der Waals surface area (Å²) in [6, 6.07) is 6.78. The van der Waals surface area contributed by atoms with Crippen molar-refractivity contribution in [3.63, 3.8) is 0 Å². The van der Waals surface area contributed by atoms with E-state index in [0.29, 0.717) is 12.0 Å². The first-order valence-electron chi connectivity index (χ1n) is 8.05. The Morgan fingerprint density at radius 1 is 1.38 bits per heavy atom. The van der Waals surface area contributed by atoms with Gasteiger partial charge in [-0.25, -0.2) is 0 Å². The molecule has 0 aliphatic carbocycles. The van der Waals surface area contributed by atoms with Gasteiger partial charge in [-0.1, -0.05) is 28.9 Å². The second-order valence-electron chi connectivity index (χ2n) is 6.06. The molecule has 0 aromatic heterocycles. The van der Waals surface area contributed by atoms with Crippen LogP contribution in [0.25, 0.3) is 0 Å². The molecule has 2 aliphatic rings. The smallest absolute Gasteiger partial charge is 0.125 e. The quantitative estimate of drug-likeness (QED) is 0.884. The maximum atomic E-state index is 6.31. The Morgan fingerprint density at radius 2 is 2.29 bits per heavy atom. The molecule has 4 heteroatoms. The van der Waals surface area contributed by atoms with Crippen LogP contribution in [0.2, 0.25) is 0 Å². The SMILES string of the molecule is CCCNC1CC(C2CCCOC2)Oc2cc(Br)ccc21. The van der Waals surface area contributed by atoms with Crippen LogP contribution in [0.4, 0.5) is 0 Å². The van der Waals surface area contributed by atoms with E-state index in [2.05, 4.69) is 46.4 Å². The summed E-state index contributed by atoms with van der Waals surface area (Å²) in [4.78, 5) is 0. The summed E-state index contributed by atoms with van der Waals surface area (Å²) in [5.41, 5.74) is 1.29. The third-order valence-electron chi connectivity index (χ3n) is 4.46. The molecular weight excluding hydrogens is 330 g/mol. The van der Waals surface area contributed by atoms with Crippen molar-refractivity contribution in [1.82, 2.24) is 5.32 Å². The monoisotopic (exact) mass is 353 g/mol. The van der Waals surface area contributed by atoms with E-state index < -0.39 is 0 Å². The van der Waals surface area contributed by atoms with E-state index in [1.807, 2.05) is 0 Å². The normalized spacial score (nSPS) is 28.8. The third kappa shape index (κ3) is 3.61. The third-order valence-corrected chi connectivity index (χ3v) is 4.95. The van der Waals surface area contributed by atoms with Crippen molar-refractivity contribution < 1.29 is 9.47 Å². The van der Waals surface area contributed by atoms with Gasteiger partial charge in [0.15, 0.2) is 0 Å². The van der Waals surface area contributed by atoms with Gasteiger partial charge in [-0.2, -0.15) is 0 Å². The molecule has 0 saturated carbocycles. The summed E-state index contributed by atoms with van der Waals surface area (Å²) in [6.07, 6.45) is 4.84. The minimum atomic E-state index is 0.265. The first kappa shape index (κ1) is 15.3. The van der Waals surface area contributed by atoms with E-state index in [9.17, 15) is 0 Å². The van der Waals surface area contributed by atoms with Gasteiger partial charge in [0.2, 0.25) is 0 Å². The Bertz CT molecular complexity index is 474. The summed E-state index contributed by atoms with van der Waals surface area (Å²) >= 11 is 3.55. The fourth-order valence-electron chi connectivity index (χ4n) is 3.33. The number of fused-ring (bicyclic) bond motifs is 1. The average Bonchev–Trinajstić information content (AvgIpc) is 2.52. The molecule has 0 bridgehead atoms. The minimum Gasteiger partial charge on any atom is -0.490 e. The lowest BCUT2D eigenvalue weighted by Crippen LogP contribution is -2.40. The zero-order valence-electron chi connectivity index (χ0n) is 12.6. The highest BCUT2D eigenvalue weighted by Gasteiger charge is 2.34. The second-order valence-corrected chi connectivity index (χ2v) is 6.97. The van der Waals surface area contributed by atoms with Crippen LogP contribution in [0.1, 0.15) is 44.2 Å². The predicted molar refractivity (Wildman–Crippen MR) is 87.8 cm³/mol. The zero-order valence-corrected chi connectivity index (χ0v) is 14.2. The molecule has 1 aromatic carbocycles. The van der Waals surface area contributed by atoms with Gasteiger partial charge in [0.05, 0.1) is 6.61 Å². The first-order chi connectivity index (χ1) is 10.3. The fourth-order valence-corrected chi connectivity index (χ4v) is 3.67. The number of halogens is 1. The number of hydrogen-bond donors (Lipinski definition) is 1. The Kier molecular flexibility index (Phi) is 5.19. The van der Waals surface area contributed by atoms with Crippen LogP contribution >= 0.6 is 15.9 Å². The molecule has 21 heavy (non-hydrogen) atoms. The van der Waals surface area contributed by atoms with Gasteiger partial charge in [-0.15, -0.1) is 0 Å². The highest BCUT2D eigenvalue weighted by atomic mass is 79.9. The molecule has 3 rings (SSSR count). The highest BCUT2D eigenvalue weighted by molar-refractivity contribution is 9.10. The fraction of sp³-hybridized carbons (Fsp3) is 0.647. The molecule has 2 aliphatic heterocycles. The largest absolute Gasteiger partial charge is 0.490 e. The van der Waals surface area contributed by atoms with Crippen molar-refractivity contribution in [3.8, 4) is 5.75 Å². The topological polar surface area (TPSA) is 30.5 Å². The molecule has 116 valence electrons. The number of hydrogen-bond acceptors (Lipinski definition) is 3. The summed E-state index contributed by atoms with van der Waals surface area (Å²) < 4.78 is 13.0. The van der Waals surface area contributed by atoms with E-state index in [1.165, 1.54) is 12.0 Å². The molecular formula is C17H24BrNO2.